The maximum absolute atomic E-state index is 13.3. The van der Waals surface area contributed by atoms with Crippen LogP contribution in [0, 0.1) is 6.92 Å². The van der Waals surface area contributed by atoms with E-state index in [1.165, 1.54) is 6.07 Å². The number of phenolic OH excluding ortho intramolecular Hbond substituents is 2. The second-order valence-corrected chi connectivity index (χ2v) is 8.77. The van der Waals surface area contributed by atoms with Crippen molar-refractivity contribution in [3.05, 3.63) is 93.5 Å². The number of carbonyl (C=O) groups excluding carboxylic acids is 2. The Morgan fingerprint density at radius 1 is 0.848 bits per heavy atom. The first-order valence-corrected chi connectivity index (χ1v) is 11.7. The Balaban J connectivity index is 1.95. The van der Waals surface area contributed by atoms with E-state index in [0.717, 1.165) is 11.1 Å². The van der Waals surface area contributed by atoms with Gasteiger partial charge < -0.3 is 10.2 Å². The molecule has 4 rings (SSSR count). The lowest BCUT2D eigenvalue weighted by molar-refractivity contribution is 0.0973. The van der Waals surface area contributed by atoms with Crippen LogP contribution in [-0.2, 0) is 0 Å². The Morgan fingerprint density at radius 2 is 1.39 bits per heavy atom. The number of benzene rings is 3. The number of aryl methyl sites for hydroxylation is 1. The van der Waals surface area contributed by atoms with Crippen LogP contribution in [0.15, 0.2) is 54.6 Å². The quantitative estimate of drug-likeness (QED) is 0.284. The molecule has 170 valence electrons. The minimum Gasteiger partial charge on any atom is -0.507 e. The third kappa shape index (κ3) is 4.12. The average molecular weight is 484 g/mol. The van der Waals surface area contributed by atoms with E-state index < -0.39 is 17.6 Å². The van der Waals surface area contributed by atoms with Crippen molar-refractivity contribution in [3.63, 3.8) is 0 Å². The van der Waals surface area contributed by atoms with Gasteiger partial charge in [-0.05, 0) is 18.6 Å². The molecule has 7 heteroatoms. The third-order valence-electron chi connectivity index (χ3n) is 5.98. The fourth-order valence-corrected chi connectivity index (χ4v) is 4.84. The van der Waals surface area contributed by atoms with Crippen molar-refractivity contribution in [2.75, 3.05) is 24.8 Å². The number of ketones is 2. The van der Waals surface area contributed by atoms with Crippen molar-refractivity contribution in [2.45, 2.75) is 13.0 Å². The van der Waals surface area contributed by atoms with Gasteiger partial charge in [0.25, 0.3) is 0 Å². The van der Waals surface area contributed by atoms with Gasteiger partial charge in [0.05, 0.1) is 17.2 Å². The summed E-state index contributed by atoms with van der Waals surface area (Å²) in [7, 11) is 0. The van der Waals surface area contributed by atoms with E-state index in [-0.39, 0.29) is 33.8 Å². The lowest BCUT2D eigenvalue weighted by Gasteiger charge is -2.33. The van der Waals surface area contributed by atoms with Crippen molar-refractivity contribution in [1.29, 1.82) is 0 Å². The highest BCUT2D eigenvalue weighted by atomic mass is 35.5. The minimum atomic E-state index is -0.542. The van der Waals surface area contributed by atoms with Gasteiger partial charge in [0.2, 0.25) is 0 Å². The van der Waals surface area contributed by atoms with E-state index in [9.17, 15) is 19.8 Å². The molecule has 0 spiro atoms. The van der Waals surface area contributed by atoms with Crippen LogP contribution in [-0.4, -0.2) is 51.5 Å². The van der Waals surface area contributed by atoms with Crippen LogP contribution in [0.25, 0.3) is 0 Å². The van der Waals surface area contributed by atoms with E-state index in [0.29, 0.717) is 30.4 Å². The second-order valence-electron chi connectivity index (χ2n) is 8.01. The van der Waals surface area contributed by atoms with Gasteiger partial charge in [-0.1, -0.05) is 54.1 Å². The second kappa shape index (κ2) is 9.56. The zero-order chi connectivity index (χ0) is 23.7. The van der Waals surface area contributed by atoms with Gasteiger partial charge in [0.15, 0.2) is 11.6 Å². The topological polar surface area (TPSA) is 77.8 Å². The first-order valence-electron chi connectivity index (χ1n) is 10.6. The van der Waals surface area contributed by atoms with Crippen molar-refractivity contribution >= 4 is 34.8 Å². The molecule has 0 bridgehead atoms. The molecule has 0 saturated heterocycles. The highest BCUT2D eigenvalue weighted by Crippen LogP contribution is 2.44. The molecule has 3 aromatic rings. The Kier molecular flexibility index (Phi) is 6.75. The summed E-state index contributed by atoms with van der Waals surface area (Å²) in [5.74, 6) is -1.03. The number of rotatable bonds is 7. The summed E-state index contributed by atoms with van der Waals surface area (Å²) in [4.78, 5) is 28.4. The maximum Gasteiger partial charge on any atom is 0.198 e. The fourth-order valence-electron chi connectivity index (χ4n) is 4.41. The van der Waals surface area contributed by atoms with Crippen LogP contribution in [0.1, 0.15) is 54.6 Å². The lowest BCUT2D eigenvalue weighted by atomic mass is 9.80. The maximum atomic E-state index is 13.3. The van der Waals surface area contributed by atoms with Crippen molar-refractivity contribution in [2.24, 2.45) is 0 Å². The van der Waals surface area contributed by atoms with Gasteiger partial charge in [-0.2, -0.15) is 0 Å². The summed E-state index contributed by atoms with van der Waals surface area (Å²) in [6.07, 6.45) is 0. The molecule has 0 fully saturated rings. The summed E-state index contributed by atoms with van der Waals surface area (Å²) in [5, 5.41) is 22.3. The van der Waals surface area contributed by atoms with Crippen molar-refractivity contribution < 1.29 is 19.8 Å². The number of hydrogen-bond acceptors (Lipinski definition) is 5. The number of alkyl halides is 2. The summed E-state index contributed by atoms with van der Waals surface area (Å²) >= 11 is 12.1. The van der Waals surface area contributed by atoms with Gasteiger partial charge >= 0.3 is 0 Å². The van der Waals surface area contributed by atoms with E-state index in [2.05, 4.69) is 0 Å². The number of halogens is 2. The van der Waals surface area contributed by atoms with E-state index in [4.69, 9.17) is 23.2 Å². The predicted molar refractivity (Wildman–Crippen MR) is 129 cm³/mol. The van der Waals surface area contributed by atoms with Crippen LogP contribution in [0.2, 0.25) is 0 Å². The number of carbonyl (C=O) groups is 2. The minimum absolute atomic E-state index is 0.177. The average Bonchev–Trinajstić information content (AvgIpc) is 2.81. The summed E-state index contributed by atoms with van der Waals surface area (Å²) in [6.45, 7) is 2.89. The van der Waals surface area contributed by atoms with E-state index in [1.54, 1.807) is 24.3 Å². The van der Waals surface area contributed by atoms with E-state index in [1.807, 2.05) is 36.1 Å². The Bertz CT molecular complexity index is 1220. The molecule has 33 heavy (non-hydrogen) atoms. The van der Waals surface area contributed by atoms with Gasteiger partial charge in [0, 0.05) is 41.5 Å². The Hall–Kier alpha value is -2.86. The number of nitrogens with zero attached hydrogens (tertiary/aromatic N) is 1. The first-order chi connectivity index (χ1) is 15.9. The molecule has 3 aromatic carbocycles. The number of hydrogen-bond donors (Lipinski definition) is 2. The molecular formula is C26H23Cl2NO4. The smallest absolute Gasteiger partial charge is 0.198 e. The fraction of sp³-hybridized carbons (Fsp3) is 0.231. The summed E-state index contributed by atoms with van der Waals surface area (Å²) in [5.41, 5.74) is 2.26. The number of phenols is 2. The van der Waals surface area contributed by atoms with Crippen LogP contribution >= 0.6 is 23.2 Å². The molecule has 5 nitrogen and oxygen atoms in total. The number of aromatic hydroxyl groups is 2. The number of fused-ring (bicyclic) bond motifs is 2. The molecular weight excluding hydrogens is 461 g/mol. The summed E-state index contributed by atoms with van der Waals surface area (Å²) < 4.78 is 0. The monoisotopic (exact) mass is 483 g/mol. The molecule has 0 aromatic heterocycles. The Labute approximate surface area is 202 Å². The molecule has 2 N–H and O–H groups in total. The van der Waals surface area contributed by atoms with Crippen LogP contribution < -0.4 is 0 Å². The molecule has 0 heterocycles. The van der Waals surface area contributed by atoms with Crippen molar-refractivity contribution in [3.8, 4) is 11.5 Å². The molecule has 0 amide bonds. The molecule has 1 aliphatic rings. The molecule has 0 saturated carbocycles. The highest BCUT2D eigenvalue weighted by molar-refractivity contribution is 6.30. The van der Waals surface area contributed by atoms with Gasteiger partial charge in [0.1, 0.15) is 11.5 Å². The van der Waals surface area contributed by atoms with Crippen molar-refractivity contribution in [1.82, 2.24) is 4.90 Å². The molecule has 1 aliphatic carbocycles. The SMILES string of the molecule is Cc1ccc(C(c2cc(O)c3c(c2O)C(=O)c2ccccc2C3=O)N(CCCl)CCCl)cc1. The molecule has 0 aliphatic heterocycles. The zero-order valence-corrected chi connectivity index (χ0v) is 19.5. The van der Waals surface area contributed by atoms with Gasteiger partial charge in [-0.3, -0.25) is 14.5 Å². The molecule has 0 radical (unpaired) electrons. The van der Waals surface area contributed by atoms with Gasteiger partial charge in [-0.15, -0.1) is 23.2 Å². The normalized spacial score (nSPS) is 13.7. The highest BCUT2D eigenvalue weighted by Gasteiger charge is 2.37. The first kappa shape index (κ1) is 23.3. The van der Waals surface area contributed by atoms with E-state index >= 15 is 0 Å². The summed E-state index contributed by atoms with van der Waals surface area (Å²) in [6, 6.07) is 15.0. The van der Waals surface area contributed by atoms with Gasteiger partial charge in [-0.25, -0.2) is 0 Å². The van der Waals surface area contributed by atoms with Crippen LogP contribution in [0.3, 0.4) is 0 Å². The predicted octanol–water partition coefficient (Wildman–Crippen LogP) is 5.05. The zero-order valence-electron chi connectivity index (χ0n) is 18.0. The lowest BCUT2D eigenvalue weighted by Crippen LogP contribution is -2.33. The standard InChI is InChI=1S/C26H23Cl2NO4/c1-15-6-8-16(9-7-15)23(29(12-10-27)13-11-28)19-14-20(30)21-22(26(19)33)25(32)18-5-3-2-4-17(18)24(21)31/h2-9,14,23,30,33H,10-13H2,1H3. The van der Waals surface area contributed by atoms with Crippen LogP contribution in [0.5, 0.6) is 11.5 Å². The third-order valence-corrected chi connectivity index (χ3v) is 6.31. The Morgan fingerprint density at radius 3 is 1.94 bits per heavy atom. The van der Waals surface area contributed by atoms with Crippen LogP contribution in [0.4, 0.5) is 0 Å². The molecule has 1 unspecified atom stereocenters. The molecule has 1 atom stereocenters. The largest absolute Gasteiger partial charge is 0.507 e.